The number of nitrogens with one attached hydrogen (secondary N) is 1. The predicted octanol–water partition coefficient (Wildman–Crippen LogP) is 3.23. The zero-order valence-corrected chi connectivity index (χ0v) is 12.7. The Kier molecular flexibility index (Phi) is 5.12. The summed E-state index contributed by atoms with van der Waals surface area (Å²) in [7, 11) is 1.84. The van der Waals surface area contributed by atoms with Gasteiger partial charge in [0.2, 0.25) is 0 Å². The number of carboxylic acids is 1. The van der Waals surface area contributed by atoms with Crippen LogP contribution in [0.3, 0.4) is 0 Å². The van der Waals surface area contributed by atoms with Gasteiger partial charge in [-0.05, 0) is 50.4 Å². The number of hydrogen-bond donors (Lipinski definition) is 2. The standard InChI is InChI=1S/C16H25NO2/c1-9(2)13(16(18)19)15(17-6)14-11(4)7-10(3)8-12(14)5/h7-9,13,15,17H,1-6H3,(H,18,19). The van der Waals surface area contributed by atoms with Crippen LogP contribution in [0.5, 0.6) is 0 Å². The molecule has 0 aliphatic rings. The monoisotopic (exact) mass is 263 g/mol. The smallest absolute Gasteiger partial charge is 0.308 e. The van der Waals surface area contributed by atoms with Gasteiger partial charge in [-0.2, -0.15) is 0 Å². The Balaban J connectivity index is 3.34. The van der Waals surface area contributed by atoms with Gasteiger partial charge in [-0.1, -0.05) is 31.5 Å². The Morgan fingerprint density at radius 2 is 1.63 bits per heavy atom. The number of hydrogen-bond acceptors (Lipinski definition) is 2. The highest BCUT2D eigenvalue weighted by atomic mass is 16.4. The van der Waals surface area contributed by atoms with Crippen molar-refractivity contribution in [2.24, 2.45) is 11.8 Å². The van der Waals surface area contributed by atoms with E-state index in [-0.39, 0.29) is 12.0 Å². The van der Waals surface area contributed by atoms with Crippen molar-refractivity contribution >= 4 is 5.97 Å². The molecule has 0 aliphatic carbocycles. The summed E-state index contributed by atoms with van der Waals surface area (Å²) in [6.45, 7) is 10.1. The van der Waals surface area contributed by atoms with Crippen molar-refractivity contribution < 1.29 is 9.90 Å². The number of aryl methyl sites for hydroxylation is 3. The first-order chi connectivity index (χ1) is 8.79. The highest BCUT2D eigenvalue weighted by molar-refractivity contribution is 5.72. The van der Waals surface area contributed by atoms with Crippen molar-refractivity contribution in [2.75, 3.05) is 7.05 Å². The van der Waals surface area contributed by atoms with Gasteiger partial charge in [0.15, 0.2) is 0 Å². The molecule has 0 heterocycles. The van der Waals surface area contributed by atoms with Crippen LogP contribution in [-0.4, -0.2) is 18.1 Å². The molecule has 0 aliphatic heterocycles. The van der Waals surface area contributed by atoms with Crippen LogP contribution in [0.2, 0.25) is 0 Å². The normalized spacial score (nSPS) is 14.5. The van der Waals surface area contributed by atoms with Gasteiger partial charge in [-0.3, -0.25) is 4.79 Å². The summed E-state index contributed by atoms with van der Waals surface area (Å²) in [5.74, 6) is -1.09. The number of carbonyl (C=O) groups is 1. The molecule has 0 amide bonds. The molecule has 0 spiro atoms. The molecule has 1 aromatic rings. The zero-order valence-electron chi connectivity index (χ0n) is 12.7. The Hall–Kier alpha value is -1.35. The maximum atomic E-state index is 11.6. The summed E-state index contributed by atoms with van der Waals surface area (Å²) in [4.78, 5) is 11.6. The van der Waals surface area contributed by atoms with E-state index < -0.39 is 11.9 Å². The van der Waals surface area contributed by atoms with E-state index in [9.17, 15) is 9.90 Å². The molecule has 1 aromatic carbocycles. The minimum atomic E-state index is -0.742. The topological polar surface area (TPSA) is 49.3 Å². The molecule has 0 bridgehead atoms. The third-order valence-electron chi connectivity index (χ3n) is 3.72. The highest BCUT2D eigenvalue weighted by Crippen LogP contribution is 2.32. The largest absolute Gasteiger partial charge is 0.481 e. The van der Waals surface area contributed by atoms with E-state index >= 15 is 0 Å². The SMILES string of the molecule is CNC(c1c(C)cc(C)cc1C)C(C(=O)O)C(C)C. The van der Waals surface area contributed by atoms with E-state index in [4.69, 9.17) is 0 Å². The fraction of sp³-hybridized carbons (Fsp3) is 0.562. The molecule has 106 valence electrons. The first-order valence-corrected chi connectivity index (χ1v) is 6.77. The van der Waals surface area contributed by atoms with E-state index in [1.165, 1.54) is 5.56 Å². The highest BCUT2D eigenvalue weighted by Gasteiger charge is 2.32. The van der Waals surface area contributed by atoms with Crippen molar-refractivity contribution in [1.82, 2.24) is 5.32 Å². The molecule has 2 atom stereocenters. The molecule has 0 saturated carbocycles. The lowest BCUT2D eigenvalue weighted by Crippen LogP contribution is -2.35. The van der Waals surface area contributed by atoms with Gasteiger partial charge in [-0.25, -0.2) is 0 Å². The van der Waals surface area contributed by atoms with Gasteiger partial charge in [0.25, 0.3) is 0 Å². The second kappa shape index (κ2) is 6.20. The first-order valence-electron chi connectivity index (χ1n) is 6.77. The molecule has 3 nitrogen and oxygen atoms in total. The van der Waals surface area contributed by atoms with Gasteiger partial charge in [0, 0.05) is 6.04 Å². The lowest BCUT2D eigenvalue weighted by atomic mass is 9.81. The van der Waals surface area contributed by atoms with Crippen LogP contribution in [0, 0.1) is 32.6 Å². The van der Waals surface area contributed by atoms with Gasteiger partial charge >= 0.3 is 5.97 Å². The molecule has 0 radical (unpaired) electrons. The predicted molar refractivity (Wildman–Crippen MR) is 78.4 cm³/mol. The minimum absolute atomic E-state index is 0.0788. The van der Waals surface area contributed by atoms with Crippen LogP contribution in [0.1, 0.15) is 42.1 Å². The maximum Gasteiger partial charge on any atom is 0.308 e. The van der Waals surface area contributed by atoms with Gasteiger partial charge in [-0.15, -0.1) is 0 Å². The van der Waals surface area contributed by atoms with E-state index in [0.29, 0.717) is 0 Å². The Bertz CT molecular complexity index is 443. The second-order valence-electron chi connectivity index (χ2n) is 5.69. The second-order valence-corrected chi connectivity index (χ2v) is 5.69. The van der Waals surface area contributed by atoms with Crippen LogP contribution < -0.4 is 5.32 Å². The van der Waals surface area contributed by atoms with Crippen molar-refractivity contribution in [3.63, 3.8) is 0 Å². The van der Waals surface area contributed by atoms with E-state index in [2.05, 4.69) is 38.2 Å². The molecule has 0 saturated heterocycles. The molecule has 2 N–H and O–H groups in total. The fourth-order valence-electron chi connectivity index (χ4n) is 3.00. The van der Waals surface area contributed by atoms with Crippen LogP contribution in [0.25, 0.3) is 0 Å². The molecular formula is C16H25NO2. The Morgan fingerprint density at radius 3 is 1.95 bits per heavy atom. The molecule has 0 fully saturated rings. The van der Waals surface area contributed by atoms with Crippen molar-refractivity contribution in [2.45, 2.75) is 40.7 Å². The van der Waals surface area contributed by atoms with Gasteiger partial charge in [0.1, 0.15) is 0 Å². The zero-order chi connectivity index (χ0) is 14.7. The number of aliphatic carboxylic acids is 1. The average Bonchev–Trinajstić information content (AvgIpc) is 2.24. The quantitative estimate of drug-likeness (QED) is 0.857. The third-order valence-corrected chi connectivity index (χ3v) is 3.72. The molecular weight excluding hydrogens is 238 g/mol. The van der Waals surface area contributed by atoms with Gasteiger partial charge in [0.05, 0.1) is 5.92 Å². The summed E-state index contributed by atoms with van der Waals surface area (Å²) in [5.41, 5.74) is 4.65. The van der Waals surface area contributed by atoms with Crippen LogP contribution in [0.4, 0.5) is 0 Å². The molecule has 3 heteroatoms. The third kappa shape index (κ3) is 3.35. The summed E-state index contributed by atoms with van der Waals surface area (Å²) in [6.07, 6.45) is 0. The summed E-state index contributed by atoms with van der Waals surface area (Å²) in [5, 5.41) is 12.7. The Labute approximate surface area is 116 Å². The van der Waals surface area contributed by atoms with Crippen molar-refractivity contribution in [3.05, 3.63) is 34.4 Å². The minimum Gasteiger partial charge on any atom is -0.481 e. The van der Waals surface area contributed by atoms with E-state index in [0.717, 1.165) is 16.7 Å². The number of carboxylic acid groups (broad SMARTS) is 1. The maximum absolute atomic E-state index is 11.6. The number of benzene rings is 1. The Morgan fingerprint density at radius 1 is 1.16 bits per heavy atom. The van der Waals surface area contributed by atoms with Crippen molar-refractivity contribution in [1.29, 1.82) is 0 Å². The lowest BCUT2D eigenvalue weighted by molar-refractivity contribution is -0.144. The fourth-order valence-corrected chi connectivity index (χ4v) is 3.00. The average molecular weight is 263 g/mol. The number of rotatable bonds is 5. The molecule has 2 unspecified atom stereocenters. The van der Waals surface area contributed by atoms with E-state index in [1.807, 2.05) is 20.9 Å². The van der Waals surface area contributed by atoms with Crippen LogP contribution in [-0.2, 0) is 4.79 Å². The van der Waals surface area contributed by atoms with E-state index in [1.54, 1.807) is 0 Å². The first kappa shape index (κ1) is 15.7. The molecule has 1 rings (SSSR count). The molecule has 19 heavy (non-hydrogen) atoms. The van der Waals surface area contributed by atoms with Crippen molar-refractivity contribution in [3.8, 4) is 0 Å². The molecule has 0 aromatic heterocycles. The summed E-state index contributed by atoms with van der Waals surface area (Å²) in [6, 6.07) is 4.08. The van der Waals surface area contributed by atoms with Crippen LogP contribution >= 0.6 is 0 Å². The van der Waals surface area contributed by atoms with Crippen LogP contribution in [0.15, 0.2) is 12.1 Å². The van der Waals surface area contributed by atoms with Gasteiger partial charge < -0.3 is 10.4 Å². The lowest BCUT2D eigenvalue weighted by Gasteiger charge is -2.29. The summed E-state index contributed by atoms with van der Waals surface area (Å²) < 4.78 is 0. The summed E-state index contributed by atoms with van der Waals surface area (Å²) >= 11 is 0.